The Hall–Kier alpha value is -3.61. The molecule has 0 spiro atoms. The van der Waals surface area contributed by atoms with Crippen LogP contribution >= 0.6 is 0 Å². The highest BCUT2D eigenvalue weighted by molar-refractivity contribution is 5.94. The van der Waals surface area contributed by atoms with Gasteiger partial charge in [0.25, 0.3) is 5.91 Å². The lowest BCUT2D eigenvalue weighted by atomic mass is 10.1. The van der Waals surface area contributed by atoms with Gasteiger partial charge in [0, 0.05) is 24.8 Å². The van der Waals surface area contributed by atoms with Gasteiger partial charge >= 0.3 is 6.18 Å². The zero-order valence-corrected chi connectivity index (χ0v) is 16.1. The Balaban J connectivity index is 1.48. The minimum Gasteiger partial charge on any atom is -0.337 e. The number of alkyl halides is 3. The number of nitrogens with zero attached hydrogens (tertiary/aromatic N) is 3. The number of hydrogen-bond donors (Lipinski definition) is 0. The summed E-state index contributed by atoms with van der Waals surface area (Å²) >= 11 is 0. The molecule has 0 unspecified atom stereocenters. The molecule has 0 atom stereocenters. The van der Waals surface area contributed by atoms with Crippen molar-refractivity contribution in [2.24, 2.45) is 0 Å². The number of amides is 1. The first-order valence-electron chi connectivity index (χ1n) is 9.27. The van der Waals surface area contributed by atoms with Gasteiger partial charge < -0.3 is 4.90 Å². The second kappa shape index (κ2) is 7.67. The minimum absolute atomic E-state index is 0.211. The lowest BCUT2D eigenvalue weighted by molar-refractivity contribution is -0.137. The van der Waals surface area contributed by atoms with Crippen LogP contribution in [0, 0.1) is 0 Å². The van der Waals surface area contributed by atoms with Gasteiger partial charge in [-0.25, -0.2) is 4.98 Å². The average Bonchev–Trinajstić information content (AvgIpc) is 3.17. The number of para-hydroxylation sites is 2. The van der Waals surface area contributed by atoms with Crippen molar-refractivity contribution in [3.05, 3.63) is 95.8 Å². The molecule has 0 aliphatic rings. The van der Waals surface area contributed by atoms with Crippen molar-refractivity contribution in [3.63, 3.8) is 0 Å². The van der Waals surface area contributed by atoms with E-state index < -0.39 is 11.7 Å². The fourth-order valence-electron chi connectivity index (χ4n) is 3.29. The number of aromatic nitrogens is 2. The maximum atomic E-state index is 12.7. The van der Waals surface area contributed by atoms with Crippen molar-refractivity contribution in [1.82, 2.24) is 14.5 Å². The van der Waals surface area contributed by atoms with Crippen molar-refractivity contribution in [3.8, 4) is 5.69 Å². The third kappa shape index (κ3) is 3.91. The second-order valence-corrected chi connectivity index (χ2v) is 7.01. The first-order valence-corrected chi connectivity index (χ1v) is 9.27. The topological polar surface area (TPSA) is 38.1 Å². The van der Waals surface area contributed by atoms with Crippen LogP contribution in [0.1, 0.15) is 21.5 Å². The molecule has 1 amide bonds. The summed E-state index contributed by atoms with van der Waals surface area (Å²) in [4.78, 5) is 18.6. The third-order valence-corrected chi connectivity index (χ3v) is 4.89. The van der Waals surface area contributed by atoms with Gasteiger partial charge in [-0.1, -0.05) is 24.3 Å². The largest absolute Gasteiger partial charge is 0.416 e. The molecule has 4 rings (SSSR count). The third-order valence-electron chi connectivity index (χ3n) is 4.89. The molecule has 0 N–H and O–H groups in total. The van der Waals surface area contributed by atoms with E-state index in [1.54, 1.807) is 25.5 Å². The van der Waals surface area contributed by atoms with E-state index in [0.717, 1.165) is 28.9 Å². The highest BCUT2D eigenvalue weighted by Crippen LogP contribution is 2.29. The molecule has 30 heavy (non-hydrogen) atoms. The van der Waals surface area contributed by atoms with Crippen LogP contribution in [0.4, 0.5) is 13.2 Å². The van der Waals surface area contributed by atoms with E-state index in [1.807, 2.05) is 41.0 Å². The second-order valence-electron chi connectivity index (χ2n) is 7.01. The number of benzene rings is 3. The van der Waals surface area contributed by atoms with Crippen molar-refractivity contribution in [2.75, 3.05) is 7.05 Å². The number of halogens is 3. The lowest BCUT2D eigenvalue weighted by Crippen LogP contribution is -2.26. The molecule has 0 saturated carbocycles. The molecule has 1 heterocycles. The van der Waals surface area contributed by atoms with Crippen LogP contribution in [-0.2, 0) is 12.7 Å². The number of imidazole rings is 1. The Labute approximate surface area is 171 Å². The summed E-state index contributed by atoms with van der Waals surface area (Å²) in [5.41, 5.74) is 3.15. The fraction of sp³-hybridized carbons (Fsp3) is 0.130. The maximum absolute atomic E-state index is 12.7. The van der Waals surface area contributed by atoms with Crippen LogP contribution < -0.4 is 0 Å². The summed E-state index contributed by atoms with van der Waals surface area (Å²) in [6.45, 7) is 0.213. The average molecular weight is 409 g/mol. The first kappa shape index (κ1) is 19.7. The Bertz CT molecular complexity index is 1180. The Kier molecular flexibility index (Phi) is 5.03. The standard InChI is InChI=1S/C23H18F3N3O/c1-28(14-16-6-10-18(11-7-16)23(24,25)26)22(30)17-8-12-19(13-9-17)29-15-27-20-4-2-3-5-21(20)29/h2-13,15H,14H2,1H3. The van der Waals surface area contributed by atoms with Gasteiger partial charge in [0.1, 0.15) is 6.33 Å². The molecule has 152 valence electrons. The summed E-state index contributed by atoms with van der Waals surface area (Å²) in [6, 6.07) is 19.7. The summed E-state index contributed by atoms with van der Waals surface area (Å²) in [7, 11) is 1.62. The first-order chi connectivity index (χ1) is 14.3. The number of fused-ring (bicyclic) bond motifs is 1. The van der Waals surface area contributed by atoms with Crippen LogP contribution in [0.3, 0.4) is 0 Å². The van der Waals surface area contributed by atoms with Crippen molar-refractivity contribution in [2.45, 2.75) is 12.7 Å². The number of carbonyl (C=O) groups is 1. The van der Waals surface area contributed by atoms with E-state index in [4.69, 9.17) is 0 Å². The van der Waals surface area contributed by atoms with Crippen LogP contribution in [0.25, 0.3) is 16.7 Å². The summed E-state index contributed by atoms with van der Waals surface area (Å²) in [5.74, 6) is -0.211. The van der Waals surface area contributed by atoms with Gasteiger partial charge in [0.05, 0.1) is 16.6 Å². The monoisotopic (exact) mass is 409 g/mol. The Morgan fingerprint density at radius 2 is 1.63 bits per heavy atom. The molecule has 1 aromatic heterocycles. The molecule has 7 heteroatoms. The summed E-state index contributed by atoms with van der Waals surface area (Å²) < 4.78 is 40.0. The van der Waals surface area contributed by atoms with E-state index in [2.05, 4.69) is 4.98 Å². The quantitative estimate of drug-likeness (QED) is 0.458. The van der Waals surface area contributed by atoms with Crippen LogP contribution in [0.5, 0.6) is 0 Å². The van der Waals surface area contributed by atoms with Crippen LogP contribution in [-0.4, -0.2) is 27.4 Å². The van der Waals surface area contributed by atoms with Crippen LogP contribution in [0.15, 0.2) is 79.1 Å². The molecular weight excluding hydrogens is 391 g/mol. The van der Waals surface area contributed by atoms with Gasteiger partial charge in [0.15, 0.2) is 0 Å². The highest BCUT2D eigenvalue weighted by Gasteiger charge is 2.30. The van der Waals surface area contributed by atoms with E-state index in [-0.39, 0.29) is 12.5 Å². The zero-order valence-electron chi connectivity index (χ0n) is 16.1. The molecule has 0 saturated heterocycles. The predicted molar refractivity (Wildman–Crippen MR) is 108 cm³/mol. The maximum Gasteiger partial charge on any atom is 0.416 e. The highest BCUT2D eigenvalue weighted by atomic mass is 19.4. The van der Waals surface area contributed by atoms with Crippen molar-refractivity contribution < 1.29 is 18.0 Å². The smallest absolute Gasteiger partial charge is 0.337 e. The molecule has 0 fully saturated rings. The summed E-state index contributed by atoms with van der Waals surface area (Å²) in [5, 5.41) is 0. The summed E-state index contributed by atoms with van der Waals surface area (Å²) in [6.07, 6.45) is -2.64. The van der Waals surface area contributed by atoms with E-state index in [1.165, 1.54) is 17.0 Å². The zero-order chi connectivity index (χ0) is 21.3. The van der Waals surface area contributed by atoms with Crippen molar-refractivity contribution >= 4 is 16.9 Å². The molecule has 3 aromatic carbocycles. The number of carbonyl (C=O) groups excluding carboxylic acids is 1. The van der Waals surface area contributed by atoms with Gasteiger partial charge in [-0.2, -0.15) is 13.2 Å². The molecule has 0 bridgehead atoms. The molecule has 4 aromatic rings. The van der Waals surface area contributed by atoms with Gasteiger partial charge in [0.2, 0.25) is 0 Å². The normalized spacial score (nSPS) is 11.6. The SMILES string of the molecule is CN(Cc1ccc(C(F)(F)F)cc1)C(=O)c1ccc(-n2cnc3ccccc32)cc1. The van der Waals surface area contributed by atoms with E-state index >= 15 is 0 Å². The van der Waals surface area contributed by atoms with E-state index in [0.29, 0.717) is 11.1 Å². The lowest BCUT2D eigenvalue weighted by Gasteiger charge is -2.18. The van der Waals surface area contributed by atoms with Crippen LogP contribution in [0.2, 0.25) is 0 Å². The van der Waals surface area contributed by atoms with Gasteiger partial charge in [-0.15, -0.1) is 0 Å². The van der Waals surface area contributed by atoms with E-state index in [9.17, 15) is 18.0 Å². The molecular formula is C23H18F3N3O. The Morgan fingerprint density at radius 1 is 0.967 bits per heavy atom. The molecule has 0 aliphatic carbocycles. The fourth-order valence-corrected chi connectivity index (χ4v) is 3.29. The number of hydrogen-bond acceptors (Lipinski definition) is 2. The van der Waals surface area contributed by atoms with Gasteiger partial charge in [-0.05, 0) is 54.1 Å². The molecule has 0 aliphatic heterocycles. The number of rotatable bonds is 4. The molecule has 4 nitrogen and oxygen atoms in total. The molecule has 0 radical (unpaired) electrons. The minimum atomic E-state index is -4.37. The predicted octanol–water partition coefficient (Wildman–Crippen LogP) is 5.32. The van der Waals surface area contributed by atoms with Gasteiger partial charge in [-0.3, -0.25) is 9.36 Å². The Morgan fingerprint density at radius 3 is 2.30 bits per heavy atom. The van der Waals surface area contributed by atoms with Crippen molar-refractivity contribution in [1.29, 1.82) is 0 Å².